The highest BCUT2D eigenvalue weighted by Crippen LogP contribution is 2.18. The molecule has 3 nitrogen and oxygen atoms in total. The molecule has 0 unspecified atom stereocenters. The Labute approximate surface area is 145 Å². The predicted octanol–water partition coefficient (Wildman–Crippen LogP) is 3.07. The van der Waals surface area contributed by atoms with Gasteiger partial charge in [0, 0.05) is 26.7 Å². The number of thioether (sulfide) groups is 1. The summed E-state index contributed by atoms with van der Waals surface area (Å²) in [6.45, 7) is 6.55. The van der Waals surface area contributed by atoms with E-state index in [1.807, 2.05) is 18.2 Å². The fraction of sp³-hybridized carbons (Fsp3) is 0.632. The molecule has 0 radical (unpaired) electrons. The molecule has 0 N–H and O–H groups in total. The van der Waals surface area contributed by atoms with Gasteiger partial charge in [-0.15, -0.1) is 0 Å². The van der Waals surface area contributed by atoms with Crippen LogP contribution in [0.15, 0.2) is 24.3 Å². The lowest BCUT2D eigenvalue weighted by Gasteiger charge is -2.34. The number of aryl methyl sites for hydroxylation is 1. The summed E-state index contributed by atoms with van der Waals surface area (Å²) in [6.07, 6.45) is 5.61. The zero-order valence-corrected chi connectivity index (χ0v) is 15.6. The maximum Gasteiger partial charge on any atom is 0.232 e. The minimum atomic E-state index is 0.259. The van der Waals surface area contributed by atoms with Crippen molar-refractivity contribution in [3.05, 3.63) is 35.4 Å². The standard InChI is InChI=1S/C19H30N2OS/c1-16-7-4-5-9-18(16)10-12-21-11-6-8-17(14-21)13-20(2)19(22)15-23-3/h4-5,7,9,17H,6,8,10-15H2,1-3H3/t17-/m1/s1. The smallest absolute Gasteiger partial charge is 0.232 e. The van der Waals surface area contributed by atoms with E-state index in [0.717, 1.165) is 26.1 Å². The largest absolute Gasteiger partial charge is 0.345 e. The van der Waals surface area contributed by atoms with Crippen LogP contribution in [-0.4, -0.2) is 60.9 Å². The number of nitrogens with zero attached hydrogens (tertiary/aromatic N) is 2. The van der Waals surface area contributed by atoms with Gasteiger partial charge >= 0.3 is 0 Å². The molecule has 23 heavy (non-hydrogen) atoms. The Morgan fingerprint density at radius 1 is 1.39 bits per heavy atom. The minimum Gasteiger partial charge on any atom is -0.345 e. The topological polar surface area (TPSA) is 23.6 Å². The van der Waals surface area contributed by atoms with E-state index in [-0.39, 0.29) is 5.91 Å². The van der Waals surface area contributed by atoms with Gasteiger partial charge in [0.2, 0.25) is 5.91 Å². The number of amides is 1. The summed E-state index contributed by atoms with van der Waals surface area (Å²) in [5.74, 6) is 1.48. The third kappa shape index (κ3) is 5.85. The van der Waals surface area contributed by atoms with Gasteiger partial charge in [-0.05, 0) is 56.0 Å². The molecule has 2 rings (SSSR count). The summed E-state index contributed by atoms with van der Waals surface area (Å²) in [5, 5.41) is 0. The Hall–Kier alpha value is -1.00. The van der Waals surface area contributed by atoms with Crippen LogP contribution < -0.4 is 0 Å². The minimum absolute atomic E-state index is 0.259. The molecule has 0 saturated carbocycles. The Morgan fingerprint density at radius 3 is 2.91 bits per heavy atom. The molecular weight excluding hydrogens is 304 g/mol. The lowest BCUT2D eigenvalue weighted by molar-refractivity contribution is -0.127. The number of carbonyl (C=O) groups is 1. The average Bonchev–Trinajstić information content (AvgIpc) is 2.54. The summed E-state index contributed by atoms with van der Waals surface area (Å²) in [4.78, 5) is 16.4. The Kier molecular flexibility index (Phi) is 7.44. The highest BCUT2D eigenvalue weighted by molar-refractivity contribution is 7.99. The van der Waals surface area contributed by atoms with Gasteiger partial charge in [-0.1, -0.05) is 24.3 Å². The van der Waals surface area contributed by atoms with Crippen LogP contribution in [-0.2, 0) is 11.2 Å². The van der Waals surface area contributed by atoms with E-state index in [2.05, 4.69) is 36.1 Å². The van der Waals surface area contributed by atoms with Gasteiger partial charge < -0.3 is 9.80 Å². The third-order valence-electron chi connectivity index (χ3n) is 4.79. The zero-order chi connectivity index (χ0) is 16.7. The summed E-state index contributed by atoms with van der Waals surface area (Å²) < 4.78 is 0. The van der Waals surface area contributed by atoms with Crippen LogP contribution in [0.25, 0.3) is 0 Å². The summed E-state index contributed by atoms with van der Waals surface area (Å²) in [7, 11) is 1.95. The lowest BCUT2D eigenvalue weighted by Crippen LogP contribution is -2.42. The molecule has 0 bridgehead atoms. The molecule has 4 heteroatoms. The quantitative estimate of drug-likeness (QED) is 0.766. The van der Waals surface area contributed by atoms with Crippen LogP contribution in [0.3, 0.4) is 0 Å². The number of likely N-dealkylation sites (tertiary alicyclic amines) is 1. The molecule has 1 amide bonds. The monoisotopic (exact) mass is 334 g/mol. The van der Waals surface area contributed by atoms with Crippen LogP contribution in [0.5, 0.6) is 0 Å². The van der Waals surface area contributed by atoms with E-state index >= 15 is 0 Å². The second-order valence-electron chi connectivity index (χ2n) is 6.69. The van der Waals surface area contributed by atoms with E-state index in [1.165, 1.54) is 30.5 Å². The van der Waals surface area contributed by atoms with Crippen molar-refractivity contribution in [3.63, 3.8) is 0 Å². The molecule has 0 spiro atoms. The number of benzene rings is 1. The maximum absolute atomic E-state index is 11.9. The van der Waals surface area contributed by atoms with Gasteiger partial charge in [-0.3, -0.25) is 4.79 Å². The molecule has 0 aliphatic carbocycles. The van der Waals surface area contributed by atoms with E-state index in [0.29, 0.717) is 11.7 Å². The number of piperidine rings is 1. The average molecular weight is 335 g/mol. The van der Waals surface area contributed by atoms with Gasteiger partial charge in [0.25, 0.3) is 0 Å². The summed E-state index contributed by atoms with van der Waals surface area (Å²) in [6, 6.07) is 8.68. The van der Waals surface area contributed by atoms with Crippen molar-refractivity contribution in [3.8, 4) is 0 Å². The fourth-order valence-corrected chi connectivity index (χ4v) is 3.86. The molecule has 128 valence electrons. The normalized spacial score (nSPS) is 18.8. The molecule has 0 aromatic heterocycles. The molecule has 1 aromatic rings. The highest BCUT2D eigenvalue weighted by Gasteiger charge is 2.22. The number of hydrogen-bond donors (Lipinski definition) is 0. The number of carbonyl (C=O) groups excluding carboxylic acids is 1. The first kappa shape index (κ1) is 18.3. The maximum atomic E-state index is 11.9. The second-order valence-corrected chi connectivity index (χ2v) is 7.56. The zero-order valence-electron chi connectivity index (χ0n) is 14.8. The van der Waals surface area contributed by atoms with E-state index in [4.69, 9.17) is 0 Å². The van der Waals surface area contributed by atoms with Crippen LogP contribution in [0.2, 0.25) is 0 Å². The first-order valence-corrected chi connectivity index (χ1v) is 9.99. The van der Waals surface area contributed by atoms with Gasteiger partial charge in [0.05, 0.1) is 5.75 Å². The van der Waals surface area contributed by atoms with Crippen molar-refractivity contribution in [1.82, 2.24) is 9.80 Å². The van der Waals surface area contributed by atoms with E-state index in [9.17, 15) is 4.79 Å². The second kappa shape index (κ2) is 9.33. The fourth-order valence-electron chi connectivity index (χ4n) is 3.40. The molecule has 1 heterocycles. The molecule has 1 aliphatic heterocycles. The molecule has 1 atom stereocenters. The molecular formula is C19H30N2OS. The molecule has 1 fully saturated rings. The van der Waals surface area contributed by atoms with Crippen LogP contribution in [0.1, 0.15) is 24.0 Å². The van der Waals surface area contributed by atoms with Crippen molar-refractivity contribution >= 4 is 17.7 Å². The van der Waals surface area contributed by atoms with Crippen molar-refractivity contribution < 1.29 is 4.79 Å². The third-order valence-corrected chi connectivity index (χ3v) is 5.32. The molecule has 1 aromatic carbocycles. The lowest BCUT2D eigenvalue weighted by atomic mass is 9.96. The number of rotatable bonds is 7. The summed E-state index contributed by atoms with van der Waals surface area (Å²) in [5.41, 5.74) is 2.85. The van der Waals surface area contributed by atoms with Crippen LogP contribution >= 0.6 is 11.8 Å². The van der Waals surface area contributed by atoms with E-state index in [1.54, 1.807) is 11.8 Å². The van der Waals surface area contributed by atoms with Crippen molar-refractivity contribution in [2.45, 2.75) is 26.2 Å². The van der Waals surface area contributed by atoms with Crippen molar-refractivity contribution in [1.29, 1.82) is 0 Å². The SMILES string of the molecule is CSCC(=O)N(C)C[C@H]1CCCN(CCc2ccccc2C)C1. The Balaban J connectivity index is 1.79. The van der Waals surface area contributed by atoms with Gasteiger partial charge in [-0.25, -0.2) is 0 Å². The van der Waals surface area contributed by atoms with E-state index < -0.39 is 0 Å². The molecule has 1 aliphatic rings. The summed E-state index contributed by atoms with van der Waals surface area (Å²) >= 11 is 1.61. The van der Waals surface area contributed by atoms with Gasteiger partial charge in [-0.2, -0.15) is 11.8 Å². The first-order valence-electron chi connectivity index (χ1n) is 8.60. The molecule has 1 saturated heterocycles. The predicted molar refractivity (Wildman–Crippen MR) is 100 cm³/mol. The Morgan fingerprint density at radius 2 is 2.17 bits per heavy atom. The van der Waals surface area contributed by atoms with Crippen LogP contribution in [0.4, 0.5) is 0 Å². The highest BCUT2D eigenvalue weighted by atomic mass is 32.2. The van der Waals surface area contributed by atoms with Crippen molar-refractivity contribution in [2.24, 2.45) is 5.92 Å². The Bertz CT molecular complexity index is 506. The van der Waals surface area contributed by atoms with Gasteiger partial charge in [0.15, 0.2) is 0 Å². The van der Waals surface area contributed by atoms with Crippen molar-refractivity contribution in [2.75, 3.05) is 45.2 Å². The first-order chi connectivity index (χ1) is 11.1. The van der Waals surface area contributed by atoms with Crippen LogP contribution in [0, 0.1) is 12.8 Å². The number of hydrogen-bond acceptors (Lipinski definition) is 3. The van der Waals surface area contributed by atoms with Gasteiger partial charge in [0.1, 0.15) is 0 Å².